The lowest BCUT2D eigenvalue weighted by Gasteiger charge is -2.48. The van der Waals surface area contributed by atoms with Gasteiger partial charge in [0, 0.05) is 60.5 Å². The molecule has 3 rings (SSSR count). The summed E-state index contributed by atoms with van der Waals surface area (Å²) in [5.41, 5.74) is -3.96. The Balaban J connectivity index is 2.16. The minimum atomic E-state index is -2.08. The van der Waals surface area contributed by atoms with Gasteiger partial charge in [0.2, 0.25) is 12.6 Å². The van der Waals surface area contributed by atoms with Crippen LogP contribution < -0.4 is 0 Å². The second kappa shape index (κ2) is 15.3. The van der Waals surface area contributed by atoms with Crippen molar-refractivity contribution >= 4 is 41.8 Å². The lowest BCUT2D eigenvalue weighted by Crippen LogP contribution is -2.65. The van der Waals surface area contributed by atoms with Crippen molar-refractivity contribution < 1.29 is 86.0 Å². The number of ether oxygens (including phenoxy) is 10. The predicted octanol–water partition coefficient (Wildman–Crippen LogP) is -0.106. The van der Waals surface area contributed by atoms with E-state index in [1.54, 1.807) is 0 Å². The SMILES string of the molecule is CC(=O)OCC1=CO[C@@H](O[C@@H]2O[C@H](COC(C)=O)[C@@H](OC(C)=O)[C@H](OC(C)=O)[C@H]2OC(C)=O)[C@@H]2[C@@](C)(OC(C)=O)[C@@H](OC(C)=O)C[C@]12O. The zero-order chi connectivity index (χ0) is 36.1. The van der Waals surface area contributed by atoms with E-state index in [0.29, 0.717) is 0 Å². The number of rotatable bonds is 11. The summed E-state index contributed by atoms with van der Waals surface area (Å²) in [7, 11) is 0. The molecule has 2 fully saturated rings. The average molecular weight is 689 g/mol. The number of hydrogen-bond donors (Lipinski definition) is 1. The summed E-state index contributed by atoms with van der Waals surface area (Å²) >= 11 is 0. The van der Waals surface area contributed by atoms with Gasteiger partial charge in [-0.25, -0.2) is 0 Å². The van der Waals surface area contributed by atoms with Crippen molar-refractivity contribution in [2.45, 2.75) is 116 Å². The maximum atomic E-state index is 12.4. The first kappa shape index (κ1) is 38.2. The number of fused-ring (bicyclic) bond motifs is 1. The molecule has 18 heteroatoms. The van der Waals surface area contributed by atoms with Gasteiger partial charge >= 0.3 is 41.8 Å². The minimum absolute atomic E-state index is 0.00266. The van der Waals surface area contributed by atoms with Crippen molar-refractivity contribution in [3.05, 3.63) is 11.8 Å². The molecule has 0 unspecified atom stereocenters. The van der Waals surface area contributed by atoms with Gasteiger partial charge in [0.1, 0.15) is 31.0 Å². The van der Waals surface area contributed by atoms with Crippen LogP contribution in [0.2, 0.25) is 0 Å². The molecule has 1 saturated heterocycles. The van der Waals surface area contributed by atoms with Crippen molar-refractivity contribution in [1.82, 2.24) is 0 Å². The quantitative estimate of drug-likeness (QED) is 0.220. The molecule has 1 N–H and O–H groups in total. The van der Waals surface area contributed by atoms with E-state index in [4.69, 9.17) is 47.4 Å². The Morgan fingerprint density at radius 2 is 1.27 bits per heavy atom. The molecule has 0 bridgehead atoms. The molecule has 0 aromatic rings. The van der Waals surface area contributed by atoms with E-state index in [1.807, 2.05) is 0 Å². The van der Waals surface area contributed by atoms with Crippen LogP contribution in [0.4, 0.5) is 0 Å². The van der Waals surface area contributed by atoms with Crippen LogP contribution in [0.15, 0.2) is 11.8 Å². The van der Waals surface area contributed by atoms with Gasteiger partial charge in [-0.2, -0.15) is 0 Å². The van der Waals surface area contributed by atoms with Crippen LogP contribution >= 0.6 is 0 Å². The lowest BCUT2D eigenvalue weighted by molar-refractivity contribution is -0.354. The second-order valence-corrected chi connectivity index (χ2v) is 11.6. The highest BCUT2D eigenvalue weighted by Gasteiger charge is 2.70. The standard InChI is InChI=1S/C30H40O18/c1-13(31)39-10-20-11-41-28(26-29(8,48-19(7)37)22(42-15(3)33)9-30(20,26)38)47-27-25(45-18(6)36)24(44-17(5)35)23(43-16(4)34)21(46-27)12-40-14(2)32/h11,21-28,38H,9-10,12H2,1-8H3/t21-,22+,23-,24+,25-,26-,27+,28+,29+,30+/m1/s1. The van der Waals surface area contributed by atoms with Gasteiger partial charge in [-0.15, -0.1) is 0 Å². The molecule has 0 aromatic heterocycles. The van der Waals surface area contributed by atoms with Crippen molar-refractivity contribution in [2.75, 3.05) is 13.2 Å². The first-order chi connectivity index (χ1) is 22.3. The van der Waals surface area contributed by atoms with Crippen LogP contribution in [0.1, 0.15) is 61.8 Å². The summed E-state index contributed by atoms with van der Waals surface area (Å²) < 4.78 is 55.7. The Hall–Kier alpha value is -4.29. The van der Waals surface area contributed by atoms with E-state index < -0.39 is 115 Å². The van der Waals surface area contributed by atoms with Crippen molar-refractivity contribution in [3.8, 4) is 0 Å². The highest BCUT2D eigenvalue weighted by Crippen LogP contribution is 2.55. The molecule has 48 heavy (non-hydrogen) atoms. The molecular weight excluding hydrogens is 648 g/mol. The maximum absolute atomic E-state index is 12.4. The molecule has 2 heterocycles. The van der Waals surface area contributed by atoms with Gasteiger partial charge in [0.25, 0.3) is 0 Å². The molecule has 3 aliphatic rings. The monoisotopic (exact) mass is 688 g/mol. The van der Waals surface area contributed by atoms with E-state index >= 15 is 0 Å². The van der Waals surface area contributed by atoms with Gasteiger partial charge in [-0.05, 0) is 6.92 Å². The summed E-state index contributed by atoms with van der Waals surface area (Å²) in [6, 6.07) is 0. The molecular formula is C30H40O18. The second-order valence-electron chi connectivity index (χ2n) is 11.6. The highest BCUT2D eigenvalue weighted by molar-refractivity contribution is 5.69. The van der Waals surface area contributed by atoms with E-state index in [9.17, 15) is 38.7 Å². The molecule has 268 valence electrons. The number of aliphatic hydroxyl groups is 1. The van der Waals surface area contributed by atoms with Crippen molar-refractivity contribution in [2.24, 2.45) is 5.92 Å². The number of hydrogen-bond acceptors (Lipinski definition) is 18. The van der Waals surface area contributed by atoms with Gasteiger partial charge in [0.05, 0.1) is 12.2 Å². The summed E-state index contributed by atoms with van der Waals surface area (Å²) in [6.45, 7) is 7.91. The highest BCUT2D eigenvalue weighted by atomic mass is 16.8. The third kappa shape index (κ3) is 8.78. The first-order valence-electron chi connectivity index (χ1n) is 14.8. The van der Waals surface area contributed by atoms with Gasteiger partial charge < -0.3 is 52.5 Å². The van der Waals surface area contributed by atoms with Crippen molar-refractivity contribution in [1.29, 1.82) is 0 Å². The molecule has 1 aliphatic carbocycles. The minimum Gasteiger partial charge on any atom is -0.472 e. The van der Waals surface area contributed by atoms with Crippen LogP contribution in [0, 0.1) is 5.92 Å². The summed E-state index contributed by atoms with van der Waals surface area (Å²) in [5, 5.41) is 12.2. The van der Waals surface area contributed by atoms with Crippen LogP contribution in [-0.4, -0.2) is 114 Å². The largest absolute Gasteiger partial charge is 0.472 e. The molecule has 2 aliphatic heterocycles. The average Bonchev–Trinajstić information content (AvgIpc) is 3.14. The molecule has 0 radical (unpaired) electrons. The van der Waals surface area contributed by atoms with E-state index in [-0.39, 0.29) is 12.0 Å². The Labute approximate surface area is 275 Å². The van der Waals surface area contributed by atoms with Gasteiger partial charge in [-0.1, -0.05) is 0 Å². The van der Waals surface area contributed by atoms with Crippen LogP contribution in [-0.2, 0) is 80.9 Å². The summed E-state index contributed by atoms with van der Waals surface area (Å²) in [5.74, 6) is -7.13. The molecule has 18 nitrogen and oxygen atoms in total. The van der Waals surface area contributed by atoms with E-state index in [2.05, 4.69) is 0 Å². The fraction of sp³-hybridized carbons (Fsp3) is 0.700. The molecule has 0 amide bonds. The lowest BCUT2D eigenvalue weighted by atomic mass is 9.77. The molecule has 0 aromatic carbocycles. The topological polar surface area (TPSA) is 232 Å². The molecule has 0 spiro atoms. The van der Waals surface area contributed by atoms with Crippen LogP contribution in [0.25, 0.3) is 0 Å². The molecule has 10 atom stereocenters. The Kier molecular flexibility index (Phi) is 12.2. The number of carbonyl (C=O) groups excluding carboxylic acids is 7. The first-order valence-corrected chi connectivity index (χ1v) is 14.8. The number of carbonyl (C=O) groups is 7. The molecule has 1 saturated carbocycles. The third-order valence-electron chi connectivity index (χ3n) is 7.76. The third-order valence-corrected chi connectivity index (χ3v) is 7.76. The van der Waals surface area contributed by atoms with Crippen LogP contribution in [0.5, 0.6) is 0 Å². The van der Waals surface area contributed by atoms with E-state index in [0.717, 1.165) is 54.7 Å². The van der Waals surface area contributed by atoms with Gasteiger partial charge in [-0.3, -0.25) is 33.6 Å². The maximum Gasteiger partial charge on any atom is 0.303 e. The Morgan fingerprint density at radius 3 is 1.79 bits per heavy atom. The van der Waals surface area contributed by atoms with E-state index in [1.165, 1.54) is 6.92 Å². The zero-order valence-corrected chi connectivity index (χ0v) is 27.7. The fourth-order valence-corrected chi connectivity index (χ4v) is 6.12. The summed E-state index contributed by atoms with van der Waals surface area (Å²) in [4.78, 5) is 84.5. The predicted molar refractivity (Wildman–Crippen MR) is 151 cm³/mol. The Morgan fingerprint density at radius 1 is 0.729 bits per heavy atom. The van der Waals surface area contributed by atoms with Crippen molar-refractivity contribution in [3.63, 3.8) is 0 Å². The zero-order valence-electron chi connectivity index (χ0n) is 27.7. The Bertz CT molecular complexity index is 1320. The smallest absolute Gasteiger partial charge is 0.303 e. The van der Waals surface area contributed by atoms with Gasteiger partial charge in [0.15, 0.2) is 23.9 Å². The summed E-state index contributed by atoms with van der Waals surface area (Å²) in [6.07, 6.45) is -10.2. The number of esters is 7. The normalized spacial score (nSPS) is 33.8. The fourth-order valence-electron chi connectivity index (χ4n) is 6.12. The van der Waals surface area contributed by atoms with Crippen LogP contribution in [0.3, 0.4) is 0 Å².